The van der Waals surface area contributed by atoms with Crippen LogP contribution in [0.2, 0.25) is 0 Å². The highest BCUT2D eigenvalue weighted by molar-refractivity contribution is 5.85. The number of benzene rings is 1. The van der Waals surface area contributed by atoms with Gasteiger partial charge in [-0.25, -0.2) is 9.79 Å². The van der Waals surface area contributed by atoms with Crippen LogP contribution in [-0.4, -0.2) is 73.1 Å². The van der Waals surface area contributed by atoms with Gasteiger partial charge in [-0.15, -0.1) is 0 Å². The molecule has 8 heteroatoms. The van der Waals surface area contributed by atoms with E-state index in [9.17, 15) is 9.59 Å². The third-order valence-electron chi connectivity index (χ3n) is 4.70. The van der Waals surface area contributed by atoms with Crippen molar-refractivity contribution in [3.05, 3.63) is 35.9 Å². The van der Waals surface area contributed by atoms with Crippen LogP contribution in [0.15, 0.2) is 35.3 Å². The molecule has 1 heterocycles. The first-order valence-electron chi connectivity index (χ1n) is 10.4. The predicted molar refractivity (Wildman–Crippen MR) is 118 cm³/mol. The minimum absolute atomic E-state index is 0.00951. The van der Waals surface area contributed by atoms with Crippen molar-refractivity contribution in [3.63, 3.8) is 0 Å². The molecule has 0 radical (unpaired) electrons. The molecule has 2 rings (SSSR count). The number of nitrogens with zero attached hydrogens (tertiary/aromatic N) is 3. The zero-order chi connectivity index (χ0) is 22.3. The highest BCUT2D eigenvalue weighted by atomic mass is 16.6. The third kappa shape index (κ3) is 7.57. The maximum Gasteiger partial charge on any atom is 0.410 e. The molecule has 1 aliphatic heterocycles. The van der Waals surface area contributed by atoms with Crippen LogP contribution in [0.25, 0.3) is 0 Å². The fourth-order valence-corrected chi connectivity index (χ4v) is 3.01. The molecular formula is C22H35N5O3. The number of amides is 2. The number of nitrogens with one attached hydrogen (secondary N) is 2. The Labute approximate surface area is 179 Å². The maximum absolute atomic E-state index is 12.3. The van der Waals surface area contributed by atoms with E-state index in [4.69, 9.17) is 4.74 Å². The highest BCUT2D eigenvalue weighted by Gasteiger charge is 2.30. The van der Waals surface area contributed by atoms with Crippen molar-refractivity contribution in [2.45, 2.75) is 51.8 Å². The molecule has 0 spiro atoms. The fourth-order valence-electron chi connectivity index (χ4n) is 3.01. The smallest absolute Gasteiger partial charge is 0.410 e. The SMILES string of the molecule is CC(NC(=NCC(=O)N(C)C)NC1CCN(C(=O)OC(C)(C)C)C1)c1ccccc1. The Morgan fingerprint density at radius 1 is 1.27 bits per heavy atom. The van der Waals surface area contributed by atoms with E-state index >= 15 is 0 Å². The summed E-state index contributed by atoms with van der Waals surface area (Å²) in [7, 11) is 3.42. The molecule has 0 saturated carbocycles. The minimum Gasteiger partial charge on any atom is -0.444 e. The Hall–Kier alpha value is -2.77. The Morgan fingerprint density at radius 3 is 2.53 bits per heavy atom. The summed E-state index contributed by atoms with van der Waals surface area (Å²) >= 11 is 0. The lowest BCUT2D eigenvalue weighted by Gasteiger charge is -2.25. The first kappa shape index (κ1) is 23.5. The van der Waals surface area contributed by atoms with Gasteiger partial charge in [-0.05, 0) is 39.7 Å². The number of likely N-dealkylation sites (N-methyl/N-ethyl adjacent to an activating group) is 1. The van der Waals surface area contributed by atoms with Crippen molar-refractivity contribution in [1.29, 1.82) is 0 Å². The maximum atomic E-state index is 12.3. The fraction of sp³-hybridized carbons (Fsp3) is 0.591. The van der Waals surface area contributed by atoms with Crippen LogP contribution < -0.4 is 10.6 Å². The van der Waals surface area contributed by atoms with Gasteiger partial charge in [0.25, 0.3) is 0 Å². The molecule has 2 atom stereocenters. The van der Waals surface area contributed by atoms with E-state index in [0.717, 1.165) is 12.0 Å². The van der Waals surface area contributed by atoms with E-state index in [0.29, 0.717) is 19.0 Å². The standard InChI is InChI=1S/C22H35N5O3/c1-16(17-10-8-7-9-11-17)24-20(23-14-19(28)26(5)6)25-18-12-13-27(15-18)21(29)30-22(2,3)4/h7-11,16,18H,12-15H2,1-6H3,(H2,23,24,25). The summed E-state index contributed by atoms with van der Waals surface area (Å²) in [6.45, 7) is 8.81. The average molecular weight is 418 g/mol. The highest BCUT2D eigenvalue weighted by Crippen LogP contribution is 2.16. The monoisotopic (exact) mass is 417 g/mol. The second-order valence-corrected chi connectivity index (χ2v) is 8.79. The molecule has 8 nitrogen and oxygen atoms in total. The summed E-state index contributed by atoms with van der Waals surface area (Å²) in [6, 6.07) is 10.1. The molecule has 166 valence electrons. The molecule has 30 heavy (non-hydrogen) atoms. The van der Waals surface area contributed by atoms with Crippen LogP contribution in [0, 0.1) is 0 Å². The molecular weight excluding hydrogens is 382 g/mol. The topological polar surface area (TPSA) is 86.3 Å². The van der Waals surface area contributed by atoms with Crippen molar-refractivity contribution in [1.82, 2.24) is 20.4 Å². The molecule has 0 aromatic heterocycles. The van der Waals surface area contributed by atoms with Gasteiger partial charge in [0.2, 0.25) is 5.91 Å². The van der Waals surface area contributed by atoms with E-state index in [1.807, 2.05) is 58.0 Å². The molecule has 0 bridgehead atoms. The van der Waals surface area contributed by atoms with Crippen LogP contribution >= 0.6 is 0 Å². The first-order chi connectivity index (χ1) is 14.0. The summed E-state index contributed by atoms with van der Waals surface area (Å²) < 4.78 is 5.47. The second kappa shape index (κ2) is 10.3. The minimum atomic E-state index is -0.519. The Morgan fingerprint density at radius 2 is 1.93 bits per heavy atom. The van der Waals surface area contributed by atoms with Crippen LogP contribution in [0.4, 0.5) is 4.79 Å². The van der Waals surface area contributed by atoms with Gasteiger partial charge in [0.05, 0.1) is 6.04 Å². The summed E-state index contributed by atoms with van der Waals surface area (Å²) in [5.74, 6) is 0.475. The van der Waals surface area contributed by atoms with Gasteiger partial charge in [0.1, 0.15) is 12.1 Å². The van der Waals surface area contributed by atoms with Gasteiger partial charge < -0.3 is 25.2 Å². The summed E-state index contributed by atoms with van der Waals surface area (Å²) in [6.07, 6.45) is 0.472. The number of ether oxygens (including phenoxy) is 1. The van der Waals surface area contributed by atoms with Gasteiger partial charge >= 0.3 is 6.09 Å². The first-order valence-corrected chi connectivity index (χ1v) is 10.4. The van der Waals surface area contributed by atoms with E-state index in [1.165, 1.54) is 4.90 Å². The number of aliphatic imine (C=N–C) groups is 1. The van der Waals surface area contributed by atoms with E-state index in [2.05, 4.69) is 15.6 Å². The molecule has 1 fully saturated rings. The lowest BCUT2D eigenvalue weighted by molar-refractivity contribution is -0.127. The molecule has 1 aromatic rings. The number of carbonyl (C=O) groups excluding carboxylic acids is 2. The number of carbonyl (C=O) groups is 2. The van der Waals surface area contributed by atoms with Crippen LogP contribution in [0.3, 0.4) is 0 Å². The van der Waals surface area contributed by atoms with Crippen molar-refractivity contribution in [2.75, 3.05) is 33.7 Å². The number of hydrogen-bond donors (Lipinski definition) is 2. The van der Waals surface area contributed by atoms with Gasteiger partial charge in [-0.1, -0.05) is 30.3 Å². The van der Waals surface area contributed by atoms with Crippen molar-refractivity contribution in [2.24, 2.45) is 4.99 Å². The summed E-state index contributed by atoms with van der Waals surface area (Å²) in [4.78, 5) is 32.0. The third-order valence-corrected chi connectivity index (χ3v) is 4.70. The number of rotatable bonds is 5. The van der Waals surface area contributed by atoms with E-state index in [1.54, 1.807) is 19.0 Å². The Bertz CT molecular complexity index is 743. The number of hydrogen-bond acceptors (Lipinski definition) is 4. The second-order valence-electron chi connectivity index (χ2n) is 8.79. The summed E-state index contributed by atoms with van der Waals surface area (Å²) in [5.41, 5.74) is 0.599. The molecule has 2 unspecified atom stereocenters. The van der Waals surface area contributed by atoms with Gasteiger partial charge in [-0.3, -0.25) is 4.79 Å². The predicted octanol–water partition coefficient (Wildman–Crippen LogP) is 2.38. The average Bonchev–Trinajstić information content (AvgIpc) is 3.13. The Kier molecular flexibility index (Phi) is 8.08. The largest absolute Gasteiger partial charge is 0.444 e. The van der Waals surface area contributed by atoms with Gasteiger partial charge in [0, 0.05) is 33.2 Å². The van der Waals surface area contributed by atoms with Crippen molar-refractivity contribution in [3.8, 4) is 0 Å². The molecule has 1 aliphatic rings. The zero-order valence-electron chi connectivity index (χ0n) is 18.9. The lowest BCUT2D eigenvalue weighted by atomic mass is 10.1. The van der Waals surface area contributed by atoms with Crippen LogP contribution in [0.5, 0.6) is 0 Å². The molecule has 1 saturated heterocycles. The quantitative estimate of drug-likeness (QED) is 0.567. The summed E-state index contributed by atoms with van der Waals surface area (Å²) in [5, 5.41) is 6.75. The van der Waals surface area contributed by atoms with Gasteiger partial charge in [0.15, 0.2) is 5.96 Å². The van der Waals surface area contributed by atoms with Crippen LogP contribution in [0.1, 0.15) is 45.7 Å². The zero-order valence-corrected chi connectivity index (χ0v) is 18.9. The van der Waals surface area contributed by atoms with Crippen LogP contribution in [-0.2, 0) is 9.53 Å². The number of likely N-dealkylation sites (tertiary alicyclic amines) is 1. The normalized spacial score (nSPS) is 18.0. The molecule has 1 aromatic carbocycles. The number of guanidine groups is 1. The molecule has 0 aliphatic carbocycles. The van der Waals surface area contributed by atoms with E-state index < -0.39 is 5.60 Å². The molecule has 2 N–H and O–H groups in total. The van der Waals surface area contributed by atoms with Crippen molar-refractivity contribution < 1.29 is 14.3 Å². The van der Waals surface area contributed by atoms with E-state index in [-0.39, 0.29) is 30.6 Å². The lowest BCUT2D eigenvalue weighted by Crippen LogP contribution is -2.46. The van der Waals surface area contributed by atoms with Crippen molar-refractivity contribution >= 4 is 18.0 Å². The van der Waals surface area contributed by atoms with Gasteiger partial charge in [-0.2, -0.15) is 0 Å². The molecule has 2 amide bonds. The Balaban J connectivity index is 2.03.